The largest absolute Gasteiger partial charge is 0.490 e. The summed E-state index contributed by atoms with van der Waals surface area (Å²) in [6.07, 6.45) is 6.38. The Labute approximate surface area is 171 Å². The van der Waals surface area contributed by atoms with E-state index < -0.39 is 0 Å². The molecule has 2 rings (SSSR count). The van der Waals surface area contributed by atoms with Gasteiger partial charge in [0.05, 0.1) is 19.5 Å². The van der Waals surface area contributed by atoms with Crippen LogP contribution in [0.15, 0.2) is 47.1 Å². The van der Waals surface area contributed by atoms with E-state index in [1.165, 1.54) is 12.3 Å². The van der Waals surface area contributed by atoms with E-state index in [-0.39, 0.29) is 24.8 Å². The van der Waals surface area contributed by atoms with Gasteiger partial charge in [0.2, 0.25) is 11.8 Å². The van der Waals surface area contributed by atoms with Crippen molar-refractivity contribution in [2.24, 2.45) is 0 Å². The van der Waals surface area contributed by atoms with Crippen LogP contribution in [0.1, 0.15) is 38.9 Å². The van der Waals surface area contributed by atoms with Crippen molar-refractivity contribution >= 4 is 23.6 Å². The number of nitrogens with one attached hydrogen (secondary N) is 2. The van der Waals surface area contributed by atoms with Crippen molar-refractivity contribution in [2.45, 2.75) is 33.1 Å². The molecule has 0 radical (unpaired) electrons. The highest BCUT2D eigenvalue weighted by atomic mass is 16.5. The molecule has 7 nitrogen and oxygen atoms in total. The molecule has 1 heterocycles. The molecule has 2 N–H and O–H groups in total. The van der Waals surface area contributed by atoms with E-state index in [0.717, 1.165) is 12.8 Å². The second-order valence-electron chi connectivity index (χ2n) is 6.30. The van der Waals surface area contributed by atoms with E-state index in [9.17, 15) is 9.59 Å². The van der Waals surface area contributed by atoms with Crippen molar-refractivity contribution in [3.63, 3.8) is 0 Å². The molecule has 0 atom stereocenters. The Morgan fingerprint density at radius 3 is 2.52 bits per heavy atom. The summed E-state index contributed by atoms with van der Waals surface area (Å²) in [4.78, 5) is 23.9. The van der Waals surface area contributed by atoms with Crippen LogP contribution in [0, 0.1) is 0 Å². The summed E-state index contributed by atoms with van der Waals surface area (Å²) >= 11 is 0. The number of anilines is 1. The van der Waals surface area contributed by atoms with Gasteiger partial charge < -0.3 is 24.5 Å². The lowest BCUT2D eigenvalue weighted by Gasteiger charge is -2.14. The third-order valence-corrected chi connectivity index (χ3v) is 3.74. The minimum Gasteiger partial charge on any atom is -0.490 e. The third-order valence-electron chi connectivity index (χ3n) is 3.74. The minimum absolute atomic E-state index is 0.152. The Kier molecular flexibility index (Phi) is 9.35. The zero-order chi connectivity index (χ0) is 20.9. The topological polar surface area (TPSA) is 89.8 Å². The summed E-state index contributed by atoms with van der Waals surface area (Å²) in [5, 5.41) is 5.47. The SMILES string of the molecule is CCCOc1ccc(NC(=O)CCNC(=O)/C=C/c2ccco2)cc1OCCC. The lowest BCUT2D eigenvalue weighted by Crippen LogP contribution is -2.26. The first-order valence-electron chi connectivity index (χ1n) is 9.81. The molecular weight excluding hydrogens is 372 g/mol. The maximum atomic E-state index is 12.2. The molecule has 0 fully saturated rings. The van der Waals surface area contributed by atoms with E-state index in [0.29, 0.717) is 36.2 Å². The van der Waals surface area contributed by atoms with Crippen LogP contribution in [0.25, 0.3) is 6.08 Å². The summed E-state index contributed by atoms with van der Waals surface area (Å²) in [6, 6.07) is 8.80. The number of ether oxygens (including phenoxy) is 2. The van der Waals surface area contributed by atoms with E-state index in [1.54, 1.807) is 36.4 Å². The molecular formula is C22H28N2O5. The number of rotatable bonds is 12. The Balaban J connectivity index is 1.81. The highest BCUT2D eigenvalue weighted by Crippen LogP contribution is 2.31. The highest BCUT2D eigenvalue weighted by Gasteiger charge is 2.09. The molecule has 156 valence electrons. The van der Waals surface area contributed by atoms with Crippen molar-refractivity contribution in [3.8, 4) is 11.5 Å². The van der Waals surface area contributed by atoms with Gasteiger partial charge in [-0.2, -0.15) is 0 Å². The van der Waals surface area contributed by atoms with Crippen molar-refractivity contribution in [1.29, 1.82) is 0 Å². The van der Waals surface area contributed by atoms with E-state index in [2.05, 4.69) is 10.6 Å². The molecule has 2 aromatic rings. The maximum Gasteiger partial charge on any atom is 0.244 e. The number of benzene rings is 1. The monoisotopic (exact) mass is 400 g/mol. The van der Waals surface area contributed by atoms with Gasteiger partial charge in [-0.15, -0.1) is 0 Å². The van der Waals surface area contributed by atoms with Crippen molar-refractivity contribution in [1.82, 2.24) is 5.32 Å². The molecule has 0 aliphatic heterocycles. The lowest BCUT2D eigenvalue weighted by atomic mass is 10.2. The average molecular weight is 400 g/mol. The summed E-state index contributed by atoms with van der Waals surface area (Å²) in [5.41, 5.74) is 0.619. The van der Waals surface area contributed by atoms with Crippen LogP contribution in [0.4, 0.5) is 5.69 Å². The molecule has 0 saturated heterocycles. The molecule has 1 aromatic carbocycles. The molecule has 0 aliphatic carbocycles. The Morgan fingerprint density at radius 2 is 1.83 bits per heavy atom. The van der Waals surface area contributed by atoms with Crippen LogP contribution in [0.2, 0.25) is 0 Å². The van der Waals surface area contributed by atoms with Gasteiger partial charge in [0.25, 0.3) is 0 Å². The fraction of sp³-hybridized carbons (Fsp3) is 0.364. The van der Waals surface area contributed by atoms with Gasteiger partial charge in [-0.05, 0) is 43.2 Å². The van der Waals surface area contributed by atoms with E-state index in [1.807, 2.05) is 13.8 Å². The summed E-state index contributed by atoms with van der Waals surface area (Å²) in [7, 11) is 0. The summed E-state index contributed by atoms with van der Waals surface area (Å²) in [5.74, 6) is 1.36. The van der Waals surface area contributed by atoms with Crippen LogP contribution in [-0.4, -0.2) is 31.6 Å². The minimum atomic E-state index is -0.290. The molecule has 1 aromatic heterocycles. The second kappa shape index (κ2) is 12.3. The van der Waals surface area contributed by atoms with Gasteiger partial charge in [-0.1, -0.05) is 13.8 Å². The van der Waals surface area contributed by atoms with Gasteiger partial charge in [0.15, 0.2) is 11.5 Å². The van der Waals surface area contributed by atoms with E-state index >= 15 is 0 Å². The first kappa shape index (κ1) is 22.1. The van der Waals surface area contributed by atoms with Gasteiger partial charge in [-0.3, -0.25) is 9.59 Å². The predicted octanol–water partition coefficient (Wildman–Crippen LogP) is 4.02. The number of furan rings is 1. The van der Waals surface area contributed by atoms with Crippen LogP contribution >= 0.6 is 0 Å². The highest BCUT2D eigenvalue weighted by molar-refractivity contribution is 5.93. The normalized spacial score (nSPS) is 10.7. The first-order chi connectivity index (χ1) is 14.1. The second-order valence-corrected chi connectivity index (χ2v) is 6.30. The Hall–Kier alpha value is -3.22. The number of carbonyl (C=O) groups excluding carboxylic acids is 2. The summed E-state index contributed by atoms with van der Waals surface area (Å²) < 4.78 is 16.5. The van der Waals surface area contributed by atoms with Gasteiger partial charge in [-0.25, -0.2) is 0 Å². The smallest absolute Gasteiger partial charge is 0.244 e. The van der Waals surface area contributed by atoms with Gasteiger partial charge >= 0.3 is 0 Å². The predicted molar refractivity (Wildman–Crippen MR) is 112 cm³/mol. The maximum absolute atomic E-state index is 12.2. The standard InChI is InChI=1S/C22H28N2O5/c1-3-13-28-19-9-7-17(16-20(19)29-14-4-2)24-22(26)11-12-23-21(25)10-8-18-6-5-15-27-18/h5-10,15-16H,3-4,11-14H2,1-2H3,(H,23,25)(H,24,26)/b10-8+. The molecule has 7 heteroatoms. The third kappa shape index (κ3) is 8.13. The molecule has 0 aliphatic rings. The molecule has 0 bridgehead atoms. The quantitative estimate of drug-likeness (QED) is 0.525. The zero-order valence-corrected chi connectivity index (χ0v) is 16.9. The van der Waals surface area contributed by atoms with Crippen molar-refractivity contribution < 1.29 is 23.5 Å². The van der Waals surface area contributed by atoms with Crippen molar-refractivity contribution in [3.05, 3.63) is 48.4 Å². The number of carbonyl (C=O) groups is 2. The van der Waals surface area contributed by atoms with Gasteiger partial charge in [0, 0.05) is 30.8 Å². The fourth-order valence-electron chi connectivity index (χ4n) is 2.37. The number of hydrogen-bond donors (Lipinski definition) is 2. The molecule has 0 spiro atoms. The molecule has 29 heavy (non-hydrogen) atoms. The van der Waals surface area contributed by atoms with Crippen LogP contribution in [0.3, 0.4) is 0 Å². The number of hydrogen-bond acceptors (Lipinski definition) is 5. The van der Waals surface area contributed by atoms with E-state index in [4.69, 9.17) is 13.9 Å². The van der Waals surface area contributed by atoms with Crippen molar-refractivity contribution in [2.75, 3.05) is 25.1 Å². The van der Waals surface area contributed by atoms with Crippen LogP contribution in [0.5, 0.6) is 11.5 Å². The fourth-order valence-corrected chi connectivity index (χ4v) is 2.37. The first-order valence-corrected chi connectivity index (χ1v) is 9.81. The van der Waals surface area contributed by atoms with Gasteiger partial charge in [0.1, 0.15) is 5.76 Å². The molecule has 0 unspecified atom stereocenters. The van der Waals surface area contributed by atoms with Crippen LogP contribution < -0.4 is 20.1 Å². The van der Waals surface area contributed by atoms with Crippen LogP contribution in [-0.2, 0) is 9.59 Å². The Bertz CT molecular complexity index is 800. The molecule has 2 amide bonds. The average Bonchev–Trinajstić information content (AvgIpc) is 3.23. The number of amides is 2. The zero-order valence-electron chi connectivity index (χ0n) is 16.9. The Morgan fingerprint density at radius 1 is 1.07 bits per heavy atom. The lowest BCUT2D eigenvalue weighted by molar-refractivity contribution is -0.117. The summed E-state index contributed by atoms with van der Waals surface area (Å²) in [6.45, 7) is 5.45. The molecule has 0 saturated carbocycles.